The van der Waals surface area contributed by atoms with Crippen molar-refractivity contribution < 1.29 is 24.0 Å². The Morgan fingerprint density at radius 2 is 1.53 bits per heavy atom. The molecule has 236 valence electrons. The van der Waals surface area contributed by atoms with Gasteiger partial charge in [-0.3, -0.25) is 19.9 Å². The smallest absolute Gasteiger partial charge is 0.336 e. The highest BCUT2D eigenvalue weighted by atomic mass is 16.6. The van der Waals surface area contributed by atoms with Crippen molar-refractivity contribution in [3.8, 4) is 0 Å². The molecule has 1 aliphatic heterocycles. The number of allylic oxidation sites excluding steroid dienone is 1. The molecule has 0 amide bonds. The number of rotatable bonds is 13. The molecule has 0 radical (unpaired) electrons. The summed E-state index contributed by atoms with van der Waals surface area (Å²) < 4.78 is 11.0. The minimum absolute atomic E-state index is 0.139. The lowest BCUT2D eigenvalue weighted by atomic mass is 9.75. The first-order chi connectivity index (χ1) is 21.6. The minimum atomic E-state index is -0.924. The van der Waals surface area contributed by atoms with Gasteiger partial charge < -0.3 is 14.4 Å². The average molecular weight is 612 g/mol. The van der Waals surface area contributed by atoms with Gasteiger partial charge in [-0.2, -0.15) is 0 Å². The van der Waals surface area contributed by atoms with Crippen LogP contribution in [0.5, 0.6) is 0 Å². The number of aliphatic imine (C=N–C) groups is 1. The molecule has 0 fully saturated rings. The molecule has 3 atom stereocenters. The summed E-state index contributed by atoms with van der Waals surface area (Å²) in [5.41, 5.74) is 3.93. The molecule has 0 bridgehead atoms. The van der Waals surface area contributed by atoms with Gasteiger partial charge in [0.1, 0.15) is 12.0 Å². The average Bonchev–Trinajstić information content (AvgIpc) is 3.04. The van der Waals surface area contributed by atoms with Crippen LogP contribution in [0, 0.1) is 16.0 Å². The first kappa shape index (κ1) is 33.3. The quantitative estimate of drug-likeness (QED) is 0.120. The predicted molar refractivity (Wildman–Crippen MR) is 174 cm³/mol. The van der Waals surface area contributed by atoms with Gasteiger partial charge in [-0.25, -0.2) is 4.79 Å². The molecule has 45 heavy (non-hydrogen) atoms. The number of carbonyl (C=O) groups excluding carboxylic acids is 2. The molecular weight excluding hydrogens is 570 g/mol. The largest absolute Gasteiger partial charge is 0.468 e. The summed E-state index contributed by atoms with van der Waals surface area (Å²) in [6, 6.07) is 27.0. The van der Waals surface area contributed by atoms with Crippen LogP contribution in [0.3, 0.4) is 0 Å². The second-order valence-electron chi connectivity index (χ2n) is 11.6. The normalized spacial score (nSPS) is 17.2. The van der Waals surface area contributed by atoms with Gasteiger partial charge in [0.05, 0.1) is 17.6 Å². The maximum absolute atomic E-state index is 13.7. The van der Waals surface area contributed by atoms with E-state index in [1.54, 1.807) is 26.0 Å². The first-order valence-electron chi connectivity index (χ1n) is 15.2. The lowest BCUT2D eigenvalue weighted by Gasteiger charge is -2.31. The zero-order valence-corrected chi connectivity index (χ0v) is 26.5. The van der Waals surface area contributed by atoms with Crippen molar-refractivity contribution >= 4 is 23.3 Å². The Bertz CT molecular complexity index is 1510. The van der Waals surface area contributed by atoms with Crippen molar-refractivity contribution in [1.29, 1.82) is 0 Å². The number of nitrogens with zero attached hydrogens (tertiary/aromatic N) is 3. The Morgan fingerprint density at radius 3 is 2.11 bits per heavy atom. The Hall–Kier alpha value is -4.63. The van der Waals surface area contributed by atoms with Gasteiger partial charge in [-0.1, -0.05) is 72.8 Å². The summed E-state index contributed by atoms with van der Waals surface area (Å²) >= 11 is 0. The van der Waals surface area contributed by atoms with E-state index in [9.17, 15) is 19.7 Å². The van der Waals surface area contributed by atoms with E-state index in [4.69, 9.17) is 9.47 Å². The first-order valence-corrected chi connectivity index (χ1v) is 15.2. The maximum Gasteiger partial charge on any atom is 0.336 e. The molecule has 1 aliphatic rings. The van der Waals surface area contributed by atoms with Crippen molar-refractivity contribution in [2.75, 3.05) is 27.2 Å². The summed E-state index contributed by atoms with van der Waals surface area (Å²) in [7, 11) is 3.33. The Morgan fingerprint density at radius 1 is 0.933 bits per heavy atom. The van der Waals surface area contributed by atoms with Crippen LogP contribution in [0.25, 0.3) is 0 Å². The number of nitro benzene ring substituents is 1. The van der Waals surface area contributed by atoms with Gasteiger partial charge in [0.2, 0.25) is 0 Å². The van der Waals surface area contributed by atoms with E-state index in [1.165, 1.54) is 30.4 Å². The number of carbonyl (C=O) groups is 2. The standard InChI is InChI=1S/C36H41N3O6/c1-24(19-21-38(4)22-20-31(27-13-8-6-9-14-27)28-15-10-7-11-16-28)45-36(41)33-26(3)37-25(2)32(35(40)44-5)34(33)29-17-12-18-30(23-29)39(42)43/h6-18,23-24,31-32,34H,19-22H2,1-5H3. The van der Waals surface area contributed by atoms with Crippen molar-refractivity contribution in [3.63, 3.8) is 0 Å². The molecule has 0 N–H and O–H groups in total. The molecule has 0 spiro atoms. The number of hydrogen-bond acceptors (Lipinski definition) is 8. The lowest BCUT2D eigenvalue weighted by molar-refractivity contribution is -0.384. The lowest BCUT2D eigenvalue weighted by Crippen LogP contribution is -2.37. The summed E-state index contributed by atoms with van der Waals surface area (Å²) in [4.78, 5) is 44.4. The molecular formula is C36H41N3O6. The number of hydrogen-bond donors (Lipinski definition) is 0. The van der Waals surface area contributed by atoms with Crippen LogP contribution in [-0.4, -0.2) is 60.8 Å². The molecule has 3 aromatic rings. The monoisotopic (exact) mass is 611 g/mol. The van der Waals surface area contributed by atoms with Crippen LogP contribution in [0.1, 0.15) is 62.1 Å². The highest BCUT2D eigenvalue weighted by Gasteiger charge is 2.43. The van der Waals surface area contributed by atoms with Gasteiger partial charge in [-0.05, 0) is 63.9 Å². The molecule has 4 rings (SSSR count). The van der Waals surface area contributed by atoms with E-state index in [1.807, 2.05) is 19.1 Å². The van der Waals surface area contributed by atoms with E-state index >= 15 is 0 Å². The Balaban J connectivity index is 1.45. The van der Waals surface area contributed by atoms with Crippen molar-refractivity contribution in [3.05, 3.63) is 123 Å². The zero-order chi connectivity index (χ0) is 32.5. The van der Waals surface area contributed by atoms with Crippen LogP contribution in [-0.2, 0) is 19.1 Å². The molecule has 3 unspecified atom stereocenters. The number of methoxy groups -OCH3 is 1. The van der Waals surface area contributed by atoms with Crippen molar-refractivity contribution in [1.82, 2.24) is 4.90 Å². The fourth-order valence-corrected chi connectivity index (χ4v) is 5.99. The molecule has 3 aromatic carbocycles. The molecule has 1 heterocycles. The fourth-order valence-electron chi connectivity index (χ4n) is 5.99. The Labute approximate surface area is 264 Å². The highest BCUT2D eigenvalue weighted by Crippen LogP contribution is 2.41. The third-order valence-electron chi connectivity index (χ3n) is 8.37. The van der Waals surface area contributed by atoms with E-state index in [-0.39, 0.29) is 17.2 Å². The third-order valence-corrected chi connectivity index (χ3v) is 8.37. The number of non-ortho nitro benzene ring substituents is 1. The van der Waals surface area contributed by atoms with E-state index in [0.717, 1.165) is 13.0 Å². The van der Waals surface area contributed by atoms with E-state index in [2.05, 4.69) is 65.5 Å². The van der Waals surface area contributed by atoms with Crippen LogP contribution >= 0.6 is 0 Å². The highest BCUT2D eigenvalue weighted by molar-refractivity contribution is 6.07. The fraction of sp³-hybridized carbons (Fsp3) is 0.361. The zero-order valence-electron chi connectivity index (χ0n) is 26.5. The number of nitro groups is 1. The number of benzene rings is 3. The molecule has 9 heteroatoms. The van der Waals surface area contributed by atoms with Gasteiger partial charge >= 0.3 is 11.9 Å². The van der Waals surface area contributed by atoms with Crippen LogP contribution in [0.2, 0.25) is 0 Å². The maximum atomic E-state index is 13.7. The summed E-state index contributed by atoms with van der Waals surface area (Å²) in [6.07, 6.45) is 1.11. The number of ether oxygens (including phenoxy) is 2. The molecule has 9 nitrogen and oxygen atoms in total. The van der Waals surface area contributed by atoms with E-state index < -0.39 is 34.8 Å². The minimum Gasteiger partial charge on any atom is -0.468 e. The van der Waals surface area contributed by atoms with Crippen LogP contribution in [0.4, 0.5) is 5.69 Å². The SMILES string of the molecule is COC(=O)C1C(C)=NC(C)=C(C(=O)OC(C)CCN(C)CCC(c2ccccc2)c2ccccc2)C1c1cccc([N+](=O)[O-])c1. The summed E-state index contributed by atoms with van der Waals surface area (Å²) in [6.45, 7) is 6.78. The van der Waals surface area contributed by atoms with Gasteiger partial charge in [-0.15, -0.1) is 0 Å². The van der Waals surface area contributed by atoms with E-state index in [0.29, 0.717) is 29.9 Å². The topological polar surface area (TPSA) is 111 Å². The van der Waals surface area contributed by atoms with Crippen molar-refractivity contribution in [2.45, 2.75) is 51.6 Å². The van der Waals surface area contributed by atoms with Crippen molar-refractivity contribution in [2.24, 2.45) is 10.9 Å². The molecule has 0 aliphatic carbocycles. The predicted octanol–water partition coefficient (Wildman–Crippen LogP) is 6.69. The van der Waals surface area contributed by atoms with Crippen LogP contribution < -0.4 is 0 Å². The summed E-state index contributed by atoms with van der Waals surface area (Å²) in [5.74, 6) is -2.68. The van der Waals surface area contributed by atoms with Gasteiger partial charge in [0.15, 0.2) is 0 Å². The molecule has 0 saturated heterocycles. The van der Waals surface area contributed by atoms with Gasteiger partial charge in [0, 0.05) is 41.9 Å². The second-order valence-corrected chi connectivity index (χ2v) is 11.6. The molecule has 0 aromatic heterocycles. The van der Waals surface area contributed by atoms with Gasteiger partial charge in [0.25, 0.3) is 5.69 Å². The molecule has 0 saturated carbocycles. The third kappa shape index (κ3) is 8.30. The summed E-state index contributed by atoms with van der Waals surface area (Å²) in [5, 5.41) is 11.5. The second kappa shape index (κ2) is 15.4. The van der Waals surface area contributed by atoms with Crippen LogP contribution in [0.15, 0.2) is 101 Å². The number of esters is 2. The Kier molecular flexibility index (Phi) is 11.4.